The Balaban J connectivity index is 1.40. The van der Waals surface area contributed by atoms with Crippen LogP contribution in [0, 0.1) is 5.92 Å². The zero-order chi connectivity index (χ0) is 18.6. The van der Waals surface area contributed by atoms with Crippen molar-refractivity contribution < 1.29 is 4.79 Å². The van der Waals surface area contributed by atoms with Gasteiger partial charge in [-0.25, -0.2) is 14.5 Å². The van der Waals surface area contributed by atoms with E-state index < -0.39 is 0 Å². The molecule has 4 rings (SSSR count). The molecule has 1 saturated heterocycles. The molecule has 0 radical (unpaired) electrons. The molecule has 0 spiro atoms. The van der Waals surface area contributed by atoms with Crippen LogP contribution in [0.4, 0.5) is 0 Å². The van der Waals surface area contributed by atoms with E-state index in [9.17, 15) is 9.59 Å². The van der Waals surface area contributed by atoms with Crippen molar-refractivity contribution in [2.45, 2.75) is 57.3 Å². The lowest BCUT2D eigenvalue weighted by molar-refractivity contribution is -0.133. The van der Waals surface area contributed by atoms with Crippen LogP contribution in [0.5, 0.6) is 0 Å². The average molecular weight is 368 g/mol. The predicted molar refractivity (Wildman–Crippen MR) is 104 cm³/mol. The molecule has 2 heterocycles. The van der Waals surface area contributed by atoms with Gasteiger partial charge in [-0.1, -0.05) is 37.5 Å². The lowest BCUT2D eigenvalue weighted by atomic mass is 9.86. The van der Waals surface area contributed by atoms with Crippen molar-refractivity contribution in [1.82, 2.24) is 19.7 Å². The van der Waals surface area contributed by atoms with Gasteiger partial charge in [0, 0.05) is 25.4 Å². The van der Waals surface area contributed by atoms with E-state index in [1.165, 1.54) is 32.1 Å². The van der Waals surface area contributed by atoms with Crippen molar-refractivity contribution in [1.29, 1.82) is 0 Å². The maximum absolute atomic E-state index is 12.7. The molecular weight excluding hydrogens is 340 g/mol. The minimum absolute atomic E-state index is 0.197. The Bertz CT molecular complexity index is 812. The van der Waals surface area contributed by atoms with Crippen molar-refractivity contribution in [2.24, 2.45) is 5.92 Å². The van der Waals surface area contributed by atoms with E-state index in [4.69, 9.17) is 0 Å². The first kappa shape index (κ1) is 18.0. The summed E-state index contributed by atoms with van der Waals surface area (Å²) in [5.74, 6) is 1.87. The van der Waals surface area contributed by atoms with Crippen LogP contribution in [0.3, 0.4) is 0 Å². The number of hydrogen-bond donors (Lipinski definition) is 1. The Morgan fingerprint density at radius 1 is 1.04 bits per heavy atom. The highest BCUT2D eigenvalue weighted by atomic mass is 16.2. The molecule has 0 bridgehead atoms. The molecule has 144 valence electrons. The molecule has 1 aromatic heterocycles. The highest BCUT2D eigenvalue weighted by molar-refractivity contribution is 5.76. The van der Waals surface area contributed by atoms with Gasteiger partial charge >= 0.3 is 5.69 Å². The molecule has 1 saturated carbocycles. The quantitative estimate of drug-likeness (QED) is 0.901. The number of para-hydroxylation sites is 1. The predicted octanol–water partition coefficient (Wildman–Crippen LogP) is 3.24. The molecule has 2 fully saturated rings. The van der Waals surface area contributed by atoms with Gasteiger partial charge in [-0.05, 0) is 43.7 Å². The molecular formula is C21H28N4O2. The third kappa shape index (κ3) is 3.99. The van der Waals surface area contributed by atoms with E-state index >= 15 is 0 Å². The third-order valence-corrected chi connectivity index (χ3v) is 6.11. The van der Waals surface area contributed by atoms with Gasteiger partial charge in [0.05, 0.1) is 5.69 Å². The molecule has 1 aliphatic carbocycles. The Morgan fingerprint density at radius 3 is 2.44 bits per heavy atom. The standard InChI is InChI=1S/C21H28N4O2/c26-19(15-16-7-3-1-4-8-16)24-13-11-17(12-14-24)20-22-23-21(27)25(20)18-9-5-2-6-10-18/h2,5-6,9-10,16-17H,1,3-4,7-8,11-15H2,(H,23,27). The number of hydrogen-bond acceptors (Lipinski definition) is 3. The van der Waals surface area contributed by atoms with Crippen LogP contribution in [-0.2, 0) is 4.79 Å². The maximum Gasteiger partial charge on any atom is 0.347 e. The molecule has 6 nitrogen and oxygen atoms in total. The summed E-state index contributed by atoms with van der Waals surface area (Å²) in [4.78, 5) is 26.9. The van der Waals surface area contributed by atoms with Gasteiger partial charge in [-0.2, -0.15) is 5.10 Å². The second kappa shape index (κ2) is 8.11. The van der Waals surface area contributed by atoms with Gasteiger partial charge < -0.3 is 4.90 Å². The number of nitrogens with one attached hydrogen (secondary N) is 1. The van der Waals surface area contributed by atoms with Gasteiger partial charge in [0.15, 0.2) is 0 Å². The van der Waals surface area contributed by atoms with Crippen LogP contribution >= 0.6 is 0 Å². The molecule has 1 aromatic carbocycles. The van der Waals surface area contributed by atoms with Crippen molar-refractivity contribution in [3.63, 3.8) is 0 Å². The Hall–Kier alpha value is -2.37. The zero-order valence-electron chi connectivity index (χ0n) is 15.8. The fraction of sp³-hybridized carbons (Fsp3) is 0.571. The number of piperidine rings is 1. The number of carbonyl (C=O) groups excluding carboxylic acids is 1. The highest BCUT2D eigenvalue weighted by Crippen LogP contribution is 2.30. The minimum Gasteiger partial charge on any atom is -0.343 e. The van der Waals surface area contributed by atoms with Gasteiger partial charge in [0.2, 0.25) is 5.91 Å². The smallest absolute Gasteiger partial charge is 0.343 e. The summed E-state index contributed by atoms with van der Waals surface area (Å²) in [6.07, 6.45) is 8.70. The number of amides is 1. The monoisotopic (exact) mass is 368 g/mol. The largest absolute Gasteiger partial charge is 0.347 e. The molecule has 27 heavy (non-hydrogen) atoms. The second-order valence-electron chi connectivity index (χ2n) is 7.92. The Labute approximate surface area is 159 Å². The Kier molecular flexibility index (Phi) is 5.41. The highest BCUT2D eigenvalue weighted by Gasteiger charge is 2.29. The van der Waals surface area contributed by atoms with E-state index in [0.29, 0.717) is 18.2 Å². The fourth-order valence-corrected chi connectivity index (χ4v) is 4.56. The van der Waals surface area contributed by atoms with Crippen molar-refractivity contribution in [3.8, 4) is 5.69 Å². The van der Waals surface area contributed by atoms with Crippen LogP contribution in [0.2, 0.25) is 0 Å². The lowest BCUT2D eigenvalue weighted by Gasteiger charge is -2.33. The SMILES string of the molecule is O=C(CC1CCCCC1)N1CCC(c2n[nH]c(=O)n2-c2ccccc2)CC1. The number of H-pyrrole nitrogens is 1. The van der Waals surface area contributed by atoms with Crippen molar-refractivity contribution >= 4 is 5.91 Å². The first-order valence-corrected chi connectivity index (χ1v) is 10.2. The summed E-state index contributed by atoms with van der Waals surface area (Å²) in [6.45, 7) is 1.51. The lowest BCUT2D eigenvalue weighted by Crippen LogP contribution is -2.39. The first-order chi connectivity index (χ1) is 13.2. The summed E-state index contributed by atoms with van der Waals surface area (Å²) in [5, 5.41) is 6.90. The summed E-state index contributed by atoms with van der Waals surface area (Å²) in [7, 11) is 0. The average Bonchev–Trinajstić information content (AvgIpc) is 3.11. The fourth-order valence-electron chi connectivity index (χ4n) is 4.56. The molecule has 2 aliphatic rings. The molecule has 0 atom stereocenters. The number of aromatic nitrogens is 3. The van der Waals surface area contributed by atoms with Gasteiger partial charge in [0.25, 0.3) is 0 Å². The van der Waals surface area contributed by atoms with Gasteiger partial charge in [-0.3, -0.25) is 4.79 Å². The third-order valence-electron chi connectivity index (χ3n) is 6.11. The van der Waals surface area contributed by atoms with Crippen LogP contribution < -0.4 is 5.69 Å². The van der Waals surface area contributed by atoms with E-state index in [2.05, 4.69) is 10.2 Å². The number of rotatable bonds is 4. The molecule has 0 unspecified atom stereocenters. The zero-order valence-corrected chi connectivity index (χ0v) is 15.8. The minimum atomic E-state index is -0.202. The van der Waals surface area contributed by atoms with Crippen molar-refractivity contribution in [3.05, 3.63) is 46.6 Å². The molecule has 6 heteroatoms. The number of aromatic amines is 1. The summed E-state index contributed by atoms with van der Waals surface area (Å²) < 4.78 is 1.67. The number of likely N-dealkylation sites (tertiary alicyclic amines) is 1. The summed E-state index contributed by atoms with van der Waals surface area (Å²) in [5.41, 5.74) is 0.633. The number of benzene rings is 1. The maximum atomic E-state index is 12.7. The molecule has 1 N–H and O–H groups in total. The van der Waals surface area contributed by atoms with Gasteiger partial charge in [0.1, 0.15) is 5.82 Å². The van der Waals surface area contributed by atoms with E-state index in [0.717, 1.165) is 37.4 Å². The van der Waals surface area contributed by atoms with Crippen LogP contribution in [-0.4, -0.2) is 38.7 Å². The topological polar surface area (TPSA) is 71.0 Å². The summed E-state index contributed by atoms with van der Waals surface area (Å²) >= 11 is 0. The summed E-state index contributed by atoms with van der Waals surface area (Å²) in [6, 6.07) is 9.62. The second-order valence-corrected chi connectivity index (χ2v) is 7.92. The van der Waals surface area contributed by atoms with Crippen LogP contribution in [0.15, 0.2) is 35.1 Å². The van der Waals surface area contributed by atoms with E-state index in [1.54, 1.807) is 4.57 Å². The molecule has 1 aliphatic heterocycles. The van der Waals surface area contributed by atoms with Gasteiger partial charge in [-0.15, -0.1) is 0 Å². The van der Waals surface area contributed by atoms with Crippen LogP contribution in [0.25, 0.3) is 5.69 Å². The first-order valence-electron chi connectivity index (χ1n) is 10.2. The molecule has 2 aromatic rings. The number of nitrogens with zero attached hydrogens (tertiary/aromatic N) is 3. The number of carbonyl (C=O) groups is 1. The van der Waals surface area contributed by atoms with E-state index in [1.807, 2.05) is 35.2 Å². The van der Waals surface area contributed by atoms with Crippen LogP contribution in [0.1, 0.15) is 63.1 Å². The molecule has 1 amide bonds. The Morgan fingerprint density at radius 2 is 1.74 bits per heavy atom. The normalized spacial score (nSPS) is 19.3. The van der Waals surface area contributed by atoms with Crippen molar-refractivity contribution in [2.75, 3.05) is 13.1 Å². The van der Waals surface area contributed by atoms with E-state index in [-0.39, 0.29) is 11.6 Å².